The Kier molecular flexibility index (Phi) is 7.02. The quantitative estimate of drug-likeness (QED) is 0.860. The molecule has 1 saturated heterocycles. The first-order valence-corrected chi connectivity index (χ1v) is 9.38. The van der Waals surface area contributed by atoms with Gasteiger partial charge in [-0.2, -0.15) is 11.8 Å². The molecule has 1 aliphatic heterocycles. The van der Waals surface area contributed by atoms with E-state index in [1.165, 1.54) is 0 Å². The summed E-state index contributed by atoms with van der Waals surface area (Å²) in [6, 6.07) is 7.56. The van der Waals surface area contributed by atoms with Gasteiger partial charge in [0.25, 0.3) is 0 Å². The number of nitrogens with two attached hydrogens (primary N) is 1. The number of carbonyl (C=O) groups is 1. The summed E-state index contributed by atoms with van der Waals surface area (Å²) in [4.78, 5) is 16.5. The van der Waals surface area contributed by atoms with Gasteiger partial charge in [0.15, 0.2) is 0 Å². The van der Waals surface area contributed by atoms with Crippen molar-refractivity contribution in [3.63, 3.8) is 0 Å². The molecule has 1 atom stereocenters. The molecular formula is C16H24ClN3OS. The lowest BCUT2D eigenvalue weighted by Gasteiger charge is -2.36. The van der Waals surface area contributed by atoms with Crippen LogP contribution in [0.4, 0.5) is 0 Å². The first-order chi connectivity index (χ1) is 10.6. The number of piperazine rings is 1. The van der Waals surface area contributed by atoms with E-state index in [-0.39, 0.29) is 11.9 Å². The molecule has 1 aromatic carbocycles. The van der Waals surface area contributed by atoms with E-state index in [2.05, 4.69) is 11.0 Å². The van der Waals surface area contributed by atoms with Gasteiger partial charge >= 0.3 is 0 Å². The minimum Gasteiger partial charge on any atom is -0.339 e. The van der Waals surface area contributed by atoms with Gasteiger partial charge in [-0.1, -0.05) is 29.8 Å². The van der Waals surface area contributed by atoms with Gasteiger partial charge in [-0.3, -0.25) is 9.69 Å². The van der Waals surface area contributed by atoms with E-state index in [0.717, 1.165) is 55.5 Å². The van der Waals surface area contributed by atoms with Crippen molar-refractivity contribution in [1.82, 2.24) is 9.80 Å². The third kappa shape index (κ3) is 4.88. The molecule has 0 aromatic heterocycles. The first kappa shape index (κ1) is 17.6. The number of benzene rings is 1. The van der Waals surface area contributed by atoms with Crippen molar-refractivity contribution in [3.8, 4) is 0 Å². The van der Waals surface area contributed by atoms with Gasteiger partial charge in [0.2, 0.25) is 5.91 Å². The summed E-state index contributed by atoms with van der Waals surface area (Å²) in [5.41, 5.74) is 7.12. The lowest BCUT2D eigenvalue weighted by Crippen LogP contribution is -2.53. The van der Waals surface area contributed by atoms with Crippen molar-refractivity contribution in [3.05, 3.63) is 34.9 Å². The molecule has 22 heavy (non-hydrogen) atoms. The maximum absolute atomic E-state index is 12.3. The molecule has 0 spiro atoms. The van der Waals surface area contributed by atoms with Crippen LogP contribution in [-0.2, 0) is 11.3 Å². The number of hydrogen-bond acceptors (Lipinski definition) is 4. The molecule has 0 aliphatic carbocycles. The van der Waals surface area contributed by atoms with Gasteiger partial charge in [0.1, 0.15) is 0 Å². The van der Waals surface area contributed by atoms with E-state index in [1.54, 1.807) is 11.8 Å². The second kappa shape index (κ2) is 8.77. The predicted molar refractivity (Wildman–Crippen MR) is 94.3 cm³/mol. The lowest BCUT2D eigenvalue weighted by molar-refractivity contribution is -0.134. The van der Waals surface area contributed by atoms with Crippen LogP contribution in [0.1, 0.15) is 12.0 Å². The molecule has 1 fully saturated rings. The Bertz CT molecular complexity index is 492. The van der Waals surface area contributed by atoms with Crippen molar-refractivity contribution < 1.29 is 4.79 Å². The summed E-state index contributed by atoms with van der Waals surface area (Å²) in [7, 11) is 0. The molecule has 0 bridgehead atoms. The molecule has 1 heterocycles. The summed E-state index contributed by atoms with van der Waals surface area (Å²) in [6.45, 7) is 4.06. The Morgan fingerprint density at radius 3 is 2.64 bits per heavy atom. The summed E-state index contributed by atoms with van der Waals surface area (Å²) in [5, 5.41) is 0.806. The van der Waals surface area contributed by atoms with Crippen LogP contribution >= 0.6 is 23.4 Å². The molecule has 4 nitrogen and oxygen atoms in total. The highest BCUT2D eigenvalue weighted by Crippen LogP contribution is 2.18. The molecule has 2 rings (SSSR count). The number of rotatable bonds is 6. The molecule has 6 heteroatoms. The van der Waals surface area contributed by atoms with E-state index in [1.807, 2.05) is 29.4 Å². The molecule has 2 N–H and O–H groups in total. The Balaban J connectivity index is 1.80. The normalized spacial score (nSPS) is 17.5. The van der Waals surface area contributed by atoms with Crippen LogP contribution in [0.5, 0.6) is 0 Å². The molecule has 1 aliphatic rings. The van der Waals surface area contributed by atoms with E-state index >= 15 is 0 Å². The van der Waals surface area contributed by atoms with Crippen LogP contribution in [0.3, 0.4) is 0 Å². The monoisotopic (exact) mass is 341 g/mol. The van der Waals surface area contributed by atoms with Gasteiger partial charge in [0, 0.05) is 37.7 Å². The van der Waals surface area contributed by atoms with Crippen LogP contribution < -0.4 is 5.73 Å². The predicted octanol–water partition coefficient (Wildman–Crippen LogP) is 2.06. The van der Waals surface area contributed by atoms with E-state index in [9.17, 15) is 4.79 Å². The average Bonchev–Trinajstić information content (AvgIpc) is 2.55. The van der Waals surface area contributed by atoms with Crippen molar-refractivity contribution in [2.75, 3.05) is 38.2 Å². The summed E-state index contributed by atoms with van der Waals surface area (Å²) >= 11 is 7.93. The zero-order valence-electron chi connectivity index (χ0n) is 13.0. The number of amides is 1. The van der Waals surface area contributed by atoms with Gasteiger partial charge in [-0.05, 0) is 30.1 Å². The molecule has 122 valence electrons. The van der Waals surface area contributed by atoms with E-state index < -0.39 is 0 Å². The van der Waals surface area contributed by atoms with Gasteiger partial charge < -0.3 is 10.6 Å². The van der Waals surface area contributed by atoms with Crippen LogP contribution in [0.15, 0.2) is 24.3 Å². The standard InChI is InChI=1S/C16H24ClN3OS/c1-22-11-6-15(18)16(21)20-9-7-19(8-10-20)12-13-4-2-3-5-14(13)17/h2-5,15H,6-12,18H2,1H3/t15-/m1/s1. The zero-order chi connectivity index (χ0) is 15.9. The van der Waals surface area contributed by atoms with Crippen LogP contribution in [-0.4, -0.2) is 59.9 Å². The summed E-state index contributed by atoms with van der Waals surface area (Å²) in [5.74, 6) is 1.02. The Morgan fingerprint density at radius 1 is 1.32 bits per heavy atom. The number of halogens is 1. The molecule has 0 saturated carbocycles. The van der Waals surface area contributed by atoms with Crippen molar-refractivity contribution in [1.29, 1.82) is 0 Å². The fraction of sp³-hybridized carbons (Fsp3) is 0.562. The highest BCUT2D eigenvalue weighted by Gasteiger charge is 2.25. The maximum Gasteiger partial charge on any atom is 0.239 e. The number of nitrogens with zero attached hydrogens (tertiary/aromatic N) is 2. The van der Waals surface area contributed by atoms with Crippen molar-refractivity contribution in [2.45, 2.75) is 19.0 Å². The second-order valence-corrected chi connectivity index (χ2v) is 6.97. The highest BCUT2D eigenvalue weighted by atomic mass is 35.5. The van der Waals surface area contributed by atoms with Gasteiger partial charge in [-0.25, -0.2) is 0 Å². The van der Waals surface area contributed by atoms with Gasteiger partial charge in [0.05, 0.1) is 6.04 Å². The number of carbonyl (C=O) groups excluding carboxylic acids is 1. The third-order valence-electron chi connectivity index (χ3n) is 3.99. The smallest absolute Gasteiger partial charge is 0.239 e. The van der Waals surface area contributed by atoms with Crippen molar-refractivity contribution in [2.24, 2.45) is 5.73 Å². The molecule has 0 radical (unpaired) electrons. The minimum absolute atomic E-state index is 0.0893. The van der Waals surface area contributed by atoms with Gasteiger partial charge in [-0.15, -0.1) is 0 Å². The fourth-order valence-corrected chi connectivity index (χ4v) is 3.28. The third-order valence-corrected chi connectivity index (χ3v) is 5.00. The van der Waals surface area contributed by atoms with E-state index in [4.69, 9.17) is 17.3 Å². The second-order valence-electron chi connectivity index (χ2n) is 5.58. The van der Waals surface area contributed by atoms with Crippen LogP contribution in [0.25, 0.3) is 0 Å². The Hall–Kier alpha value is -0.750. The fourth-order valence-electron chi connectivity index (χ4n) is 2.60. The van der Waals surface area contributed by atoms with E-state index in [0.29, 0.717) is 0 Å². The van der Waals surface area contributed by atoms with Crippen LogP contribution in [0, 0.1) is 0 Å². The average molecular weight is 342 g/mol. The highest BCUT2D eigenvalue weighted by molar-refractivity contribution is 7.98. The summed E-state index contributed by atoms with van der Waals surface area (Å²) < 4.78 is 0. The minimum atomic E-state index is -0.359. The molecule has 1 aromatic rings. The Morgan fingerprint density at radius 2 is 2.00 bits per heavy atom. The lowest BCUT2D eigenvalue weighted by atomic mass is 10.1. The topological polar surface area (TPSA) is 49.6 Å². The maximum atomic E-state index is 12.3. The molecule has 1 amide bonds. The zero-order valence-corrected chi connectivity index (χ0v) is 14.6. The molecule has 0 unspecified atom stereocenters. The van der Waals surface area contributed by atoms with Crippen molar-refractivity contribution >= 4 is 29.3 Å². The van der Waals surface area contributed by atoms with Crippen LogP contribution in [0.2, 0.25) is 5.02 Å². The first-order valence-electron chi connectivity index (χ1n) is 7.61. The number of hydrogen-bond donors (Lipinski definition) is 1. The number of thioether (sulfide) groups is 1. The Labute approximate surface area is 142 Å². The largest absolute Gasteiger partial charge is 0.339 e. The molecular weight excluding hydrogens is 318 g/mol. The SMILES string of the molecule is CSCC[C@@H](N)C(=O)N1CCN(Cc2ccccc2Cl)CC1. The summed E-state index contributed by atoms with van der Waals surface area (Å²) in [6.07, 6.45) is 2.78.